The lowest BCUT2D eigenvalue weighted by atomic mass is 9.94. The van der Waals surface area contributed by atoms with Gasteiger partial charge in [-0.2, -0.15) is 0 Å². The third kappa shape index (κ3) is 3.42. The molecule has 1 fully saturated rings. The van der Waals surface area contributed by atoms with Crippen LogP contribution in [-0.2, 0) is 16.0 Å². The molecule has 2 atom stereocenters. The molecule has 3 N–H and O–H groups in total. The molecule has 3 rings (SSSR count). The van der Waals surface area contributed by atoms with Crippen molar-refractivity contribution in [2.24, 2.45) is 11.7 Å². The molecule has 2 aromatic carbocycles. The Morgan fingerprint density at radius 2 is 1.62 bits per heavy atom. The number of amides is 3. The van der Waals surface area contributed by atoms with Crippen molar-refractivity contribution >= 4 is 17.9 Å². The minimum Gasteiger partial charge on any atom is -0.480 e. The van der Waals surface area contributed by atoms with Crippen molar-refractivity contribution in [2.75, 3.05) is 0 Å². The van der Waals surface area contributed by atoms with Crippen molar-refractivity contribution < 1.29 is 23.9 Å². The van der Waals surface area contributed by atoms with Crippen molar-refractivity contribution in [2.45, 2.75) is 18.9 Å². The minimum absolute atomic E-state index is 0.0385. The second kappa shape index (κ2) is 6.95. The number of rotatable bonds is 4. The van der Waals surface area contributed by atoms with Crippen LogP contribution in [0.4, 0.5) is 9.18 Å². The average Bonchev–Trinajstić information content (AvgIpc) is 2.93. The summed E-state index contributed by atoms with van der Waals surface area (Å²) in [6.07, 6.45) is 0.354. The molecule has 1 heterocycles. The van der Waals surface area contributed by atoms with Gasteiger partial charge in [-0.1, -0.05) is 36.4 Å². The number of nitrogens with two attached hydrogens (primary N) is 1. The Labute approximate surface area is 149 Å². The summed E-state index contributed by atoms with van der Waals surface area (Å²) in [7, 11) is 0. The number of primary amides is 1. The highest BCUT2D eigenvalue weighted by molar-refractivity contribution is 6.01. The number of carboxylic acids is 1. The summed E-state index contributed by atoms with van der Waals surface area (Å²) in [5.74, 6) is -2.73. The quantitative estimate of drug-likeness (QED) is 0.878. The predicted octanol–water partition coefficient (Wildman–Crippen LogP) is 2.42. The molecular weight excluding hydrogens is 339 g/mol. The highest BCUT2D eigenvalue weighted by atomic mass is 19.1. The Morgan fingerprint density at radius 3 is 2.08 bits per heavy atom. The highest BCUT2D eigenvalue weighted by Crippen LogP contribution is 2.29. The van der Waals surface area contributed by atoms with Crippen LogP contribution < -0.4 is 5.73 Å². The Balaban J connectivity index is 1.75. The van der Waals surface area contributed by atoms with E-state index in [-0.39, 0.29) is 12.2 Å². The van der Waals surface area contributed by atoms with E-state index in [0.29, 0.717) is 11.3 Å². The maximum atomic E-state index is 13.0. The van der Waals surface area contributed by atoms with E-state index in [0.717, 1.165) is 16.7 Å². The molecule has 1 aliphatic heterocycles. The molecule has 0 unspecified atom stereocenters. The maximum Gasteiger partial charge on any atom is 0.327 e. The molecule has 134 valence electrons. The van der Waals surface area contributed by atoms with E-state index in [2.05, 4.69) is 0 Å². The zero-order chi connectivity index (χ0) is 18.8. The van der Waals surface area contributed by atoms with Gasteiger partial charge in [-0.15, -0.1) is 0 Å². The van der Waals surface area contributed by atoms with E-state index in [1.165, 1.54) is 12.1 Å². The van der Waals surface area contributed by atoms with Gasteiger partial charge in [0.25, 0.3) is 0 Å². The molecular formula is C19H17FN2O4. The first-order chi connectivity index (χ1) is 12.4. The summed E-state index contributed by atoms with van der Waals surface area (Å²) in [5, 5.41) is 9.19. The smallest absolute Gasteiger partial charge is 0.327 e. The van der Waals surface area contributed by atoms with Gasteiger partial charge in [0.05, 0.1) is 0 Å². The van der Waals surface area contributed by atoms with Gasteiger partial charge in [-0.25, -0.2) is 18.9 Å². The van der Waals surface area contributed by atoms with Crippen LogP contribution in [0.15, 0.2) is 48.5 Å². The van der Waals surface area contributed by atoms with Crippen molar-refractivity contribution in [3.05, 3.63) is 59.9 Å². The van der Waals surface area contributed by atoms with Crippen molar-refractivity contribution in [3.8, 4) is 11.1 Å². The van der Waals surface area contributed by atoms with Gasteiger partial charge in [-0.05, 0) is 41.7 Å². The van der Waals surface area contributed by atoms with Crippen LogP contribution in [0.2, 0.25) is 0 Å². The van der Waals surface area contributed by atoms with Gasteiger partial charge < -0.3 is 10.8 Å². The summed E-state index contributed by atoms with van der Waals surface area (Å²) in [4.78, 5) is 35.6. The van der Waals surface area contributed by atoms with Crippen LogP contribution in [0.25, 0.3) is 11.1 Å². The Bertz CT molecular complexity index is 849. The largest absolute Gasteiger partial charge is 0.480 e. The predicted molar refractivity (Wildman–Crippen MR) is 91.5 cm³/mol. The first-order valence-electron chi connectivity index (χ1n) is 8.07. The summed E-state index contributed by atoms with van der Waals surface area (Å²) >= 11 is 0. The van der Waals surface area contributed by atoms with E-state index in [1.54, 1.807) is 12.1 Å². The molecule has 1 saturated heterocycles. The first kappa shape index (κ1) is 17.6. The lowest BCUT2D eigenvalue weighted by Gasteiger charge is -2.16. The van der Waals surface area contributed by atoms with Crippen LogP contribution in [-0.4, -0.2) is 34.0 Å². The number of imide groups is 1. The number of hydrogen-bond acceptors (Lipinski definition) is 3. The van der Waals surface area contributed by atoms with Crippen LogP contribution in [0.1, 0.15) is 12.0 Å². The van der Waals surface area contributed by atoms with Gasteiger partial charge in [0, 0.05) is 5.92 Å². The topological polar surface area (TPSA) is 101 Å². The van der Waals surface area contributed by atoms with Crippen LogP contribution in [0.3, 0.4) is 0 Å². The summed E-state index contributed by atoms with van der Waals surface area (Å²) in [5.41, 5.74) is 7.74. The number of likely N-dealkylation sites (tertiary alicyclic amines) is 1. The summed E-state index contributed by atoms with van der Waals surface area (Å²) < 4.78 is 13.0. The fraction of sp³-hybridized carbons (Fsp3) is 0.211. The number of hydrogen-bond donors (Lipinski definition) is 2. The zero-order valence-electron chi connectivity index (χ0n) is 13.8. The summed E-state index contributed by atoms with van der Waals surface area (Å²) in [6.45, 7) is 0. The highest BCUT2D eigenvalue weighted by Gasteiger charge is 2.45. The molecule has 0 aliphatic carbocycles. The van der Waals surface area contributed by atoms with Gasteiger partial charge in [-0.3, -0.25) is 4.79 Å². The molecule has 0 radical (unpaired) electrons. The summed E-state index contributed by atoms with van der Waals surface area (Å²) in [6, 6.07) is 11.2. The van der Waals surface area contributed by atoms with E-state index >= 15 is 0 Å². The Hall–Kier alpha value is -3.22. The SMILES string of the molecule is NC(=O)N1C(=O)[C@@H](Cc2ccc(-c3ccc(F)cc3)cc2)C[C@@H]1C(=O)O. The van der Waals surface area contributed by atoms with Crippen molar-refractivity contribution in [1.29, 1.82) is 0 Å². The molecule has 0 aromatic heterocycles. The molecule has 1 aliphatic rings. The Kier molecular flexibility index (Phi) is 4.71. The third-order valence-electron chi connectivity index (χ3n) is 4.54. The number of urea groups is 1. The fourth-order valence-electron chi connectivity index (χ4n) is 3.23. The van der Waals surface area contributed by atoms with Gasteiger partial charge in [0.1, 0.15) is 11.9 Å². The monoisotopic (exact) mass is 356 g/mol. The minimum atomic E-state index is -1.24. The van der Waals surface area contributed by atoms with Gasteiger partial charge >= 0.3 is 12.0 Å². The number of nitrogens with zero attached hydrogens (tertiary/aromatic N) is 1. The molecule has 26 heavy (non-hydrogen) atoms. The number of carbonyl (C=O) groups excluding carboxylic acids is 2. The van der Waals surface area contributed by atoms with Gasteiger partial charge in [0.15, 0.2) is 0 Å². The lowest BCUT2D eigenvalue weighted by Crippen LogP contribution is -2.46. The Morgan fingerprint density at radius 1 is 1.08 bits per heavy atom. The molecule has 0 bridgehead atoms. The average molecular weight is 356 g/mol. The second-order valence-corrected chi connectivity index (χ2v) is 6.24. The molecule has 3 amide bonds. The molecule has 0 spiro atoms. The third-order valence-corrected chi connectivity index (χ3v) is 4.54. The number of halogens is 1. The number of carboxylic acid groups (broad SMARTS) is 1. The fourth-order valence-corrected chi connectivity index (χ4v) is 3.23. The van der Waals surface area contributed by atoms with E-state index in [1.807, 2.05) is 24.3 Å². The molecule has 0 saturated carbocycles. The molecule has 6 nitrogen and oxygen atoms in total. The normalized spacial score (nSPS) is 19.6. The second-order valence-electron chi connectivity index (χ2n) is 6.24. The number of benzene rings is 2. The van der Waals surface area contributed by atoms with Gasteiger partial charge in [0.2, 0.25) is 5.91 Å². The van der Waals surface area contributed by atoms with Crippen LogP contribution >= 0.6 is 0 Å². The maximum absolute atomic E-state index is 13.0. The molecule has 7 heteroatoms. The molecule has 2 aromatic rings. The number of carbonyl (C=O) groups is 3. The zero-order valence-corrected chi connectivity index (χ0v) is 13.8. The van der Waals surface area contributed by atoms with Crippen LogP contribution in [0.5, 0.6) is 0 Å². The standard InChI is InChI=1S/C19H17FN2O4/c20-15-7-5-13(6-8-15)12-3-1-11(2-4-12)9-14-10-16(18(24)25)22(17(14)23)19(21)26/h1-8,14,16H,9-10H2,(H2,21,26)(H,24,25)/t14-,16+/m0/s1. The van der Waals surface area contributed by atoms with Crippen molar-refractivity contribution in [1.82, 2.24) is 4.90 Å². The van der Waals surface area contributed by atoms with Crippen molar-refractivity contribution in [3.63, 3.8) is 0 Å². The lowest BCUT2D eigenvalue weighted by molar-refractivity contribution is -0.144. The first-order valence-corrected chi connectivity index (χ1v) is 8.07. The van der Waals surface area contributed by atoms with E-state index in [9.17, 15) is 23.9 Å². The van der Waals surface area contributed by atoms with E-state index < -0.39 is 29.9 Å². The number of aliphatic carboxylic acids is 1. The van der Waals surface area contributed by atoms with E-state index in [4.69, 9.17) is 5.73 Å². The van der Waals surface area contributed by atoms with Crippen LogP contribution in [0, 0.1) is 11.7 Å².